The first kappa shape index (κ1) is 24.8. The van der Waals surface area contributed by atoms with E-state index in [9.17, 15) is 28.1 Å². The molecule has 2 aromatic carbocycles. The molecule has 172 valence electrons. The normalized spacial score (nSPS) is 11.2. The van der Waals surface area contributed by atoms with Crippen molar-refractivity contribution in [1.82, 2.24) is 4.31 Å². The van der Waals surface area contributed by atoms with E-state index in [0.717, 1.165) is 25.3 Å². The van der Waals surface area contributed by atoms with Crippen LogP contribution in [0.1, 0.15) is 34.6 Å². The molecule has 2 rings (SSSR count). The number of hydrogen-bond acceptors (Lipinski definition) is 8. The Labute approximate surface area is 185 Å². The molecule has 1 N–H and O–H groups in total. The van der Waals surface area contributed by atoms with E-state index in [-0.39, 0.29) is 40.5 Å². The van der Waals surface area contributed by atoms with Gasteiger partial charge in [0.25, 0.3) is 11.6 Å². The molecule has 0 atom stereocenters. The zero-order chi connectivity index (χ0) is 24.1. The van der Waals surface area contributed by atoms with E-state index < -0.39 is 32.5 Å². The topological polar surface area (TPSA) is 145 Å². The number of nitro groups is 1. The van der Waals surface area contributed by atoms with Gasteiger partial charge in [-0.05, 0) is 24.3 Å². The maximum atomic E-state index is 12.8. The number of esters is 1. The summed E-state index contributed by atoms with van der Waals surface area (Å²) in [5.41, 5.74) is -0.824. The predicted molar refractivity (Wildman–Crippen MR) is 115 cm³/mol. The van der Waals surface area contributed by atoms with Crippen LogP contribution in [0.15, 0.2) is 41.3 Å². The summed E-state index contributed by atoms with van der Waals surface area (Å²) in [4.78, 5) is 35.0. The number of nitrogens with one attached hydrogen (secondary N) is 1. The fourth-order valence-electron chi connectivity index (χ4n) is 2.94. The van der Waals surface area contributed by atoms with Crippen LogP contribution >= 0.6 is 0 Å². The molecule has 1 amide bonds. The number of amides is 1. The Bertz CT molecular complexity index is 1140. The third-order valence-corrected chi connectivity index (χ3v) is 6.62. The van der Waals surface area contributed by atoms with Crippen LogP contribution in [-0.2, 0) is 14.8 Å². The Kier molecular flexibility index (Phi) is 7.89. The molecule has 0 aliphatic heterocycles. The van der Waals surface area contributed by atoms with E-state index in [0.29, 0.717) is 0 Å². The van der Waals surface area contributed by atoms with E-state index in [1.807, 2.05) is 0 Å². The number of sulfonamides is 1. The SMILES string of the molecule is CCN(CC)S(=O)(=O)c1ccc(OC)c(NC(=O)c2cc(C(=O)OC)cc([N+](=O)[O-])c2)c1. The molecule has 0 unspecified atom stereocenters. The van der Waals surface area contributed by atoms with Gasteiger partial charge in [-0.25, -0.2) is 13.2 Å². The molecule has 11 nitrogen and oxygen atoms in total. The van der Waals surface area contributed by atoms with Gasteiger partial charge in [0.2, 0.25) is 10.0 Å². The smallest absolute Gasteiger partial charge is 0.338 e. The summed E-state index contributed by atoms with van der Waals surface area (Å²) in [6.07, 6.45) is 0. The standard InChI is InChI=1S/C20H23N3O8S/c1-5-22(6-2)32(28,29)16-7-8-18(30-3)17(12-16)21-19(24)13-9-14(20(25)31-4)11-15(10-13)23(26)27/h7-12H,5-6H2,1-4H3,(H,21,24). The van der Waals surface area contributed by atoms with Crippen molar-refractivity contribution < 1.29 is 32.4 Å². The molecule has 32 heavy (non-hydrogen) atoms. The van der Waals surface area contributed by atoms with E-state index in [1.165, 1.54) is 29.6 Å². The second kappa shape index (κ2) is 10.2. The van der Waals surface area contributed by atoms with Crippen molar-refractivity contribution in [2.45, 2.75) is 18.7 Å². The van der Waals surface area contributed by atoms with Crippen molar-refractivity contribution in [1.29, 1.82) is 0 Å². The third-order valence-electron chi connectivity index (χ3n) is 4.57. The lowest BCUT2D eigenvalue weighted by Crippen LogP contribution is -2.30. The number of carbonyl (C=O) groups is 2. The lowest BCUT2D eigenvalue weighted by Gasteiger charge is -2.19. The monoisotopic (exact) mass is 465 g/mol. The Morgan fingerprint density at radius 3 is 2.22 bits per heavy atom. The van der Waals surface area contributed by atoms with Gasteiger partial charge in [0.1, 0.15) is 5.75 Å². The average molecular weight is 465 g/mol. The zero-order valence-corrected chi connectivity index (χ0v) is 18.8. The Morgan fingerprint density at radius 2 is 1.69 bits per heavy atom. The number of non-ortho nitro benzene ring substituents is 1. The van der Waals surface area contributed by atoms with Gasteiger partial charge in [-0.3, -0.25) is 14.9 Å². The van der Waals surface area contributed by atoms with Gasteiger partial charge in [-0.2, -0.15) is 4.31 Å². The van der Waals surface area contributed by atoms with Crippen LogP contribution in [0.4, 0.5) is 11.4 Å². The molecule has 0 aliphatic carbocycles. The maximum absolute atomic E-state index is 12.8. The van der Waals surface area contributed by atoms with Crippen LogP contribution in [0.2, 0.25) is 0 Å². The van der Waals surface area contributed by atoms with Gasteiger partial charge in [0, 0.05) is 30.8 Å². The average Bonchev–Trinajstić information content (AvgIpc) is 2.78. The van der Waals surface area contributed by atoms with Crippen molar-refractivity contribution >= 4 is 33.3 Å². The summed E-state index contributed by atoms with van der Waals surface area (Å²) >= 11 is 0. The Morgan fingerprint density at radius 1 is 1.06 bits per heavy atom. The van der Waals surface area contributed by atoms with Crippen molar-refractivity contribution in [3.8, 4) is 5.75 Å². The molecular formula is C20H23N3O8S. The quantitative estimate of drug-likeness (QED) is 0.338. The van der Waals surface area contributed by atoms with Gasteiger partial charge in [-0.1, -0.05) is 13.8 Å². The number of ether oxygens (including phenoxy) is 2. The minimum Gasteiger partial charge on any atom is -0.495 e. The summed E-state index contributed by atoms with van der Waals surface area (Å²) in [6.45, 7) is 3.93. The molecule has 2 aromatic rings. The maximum Gasteiger partial charge on any atom is 0.338 e. The molecule has 0 aliphatic rings. The summed E-state index contributed by atoms with van der Waals surface area (Å²) < 4.78 is 36.7. The largest absolute Gasteiger partial charge is 0.495 e. The Hall–Kier alpha value is -3.51. The number of benzene rings is 2. The van der Waals surface area contributed by atoms with Gasteiger partial charge >= 0.3 is 5.97 Å². The molecular weight excluding hydrogens is 442 g/mol. The number of carbonyl (C=O) groups excluding carboxylic acids is 2. The van der Waals surface area contributed by atoms with Crippen molar-refractivity contribution in [2.75, 3.05) is 32.6 Å². The lowest BCUT2D eigenvalue weighted by molar-refractivity contribution is -0.384. The number of rotatable bonds is 9. The van der Waals surface area contributed by atoms with Crippen LogP contribution in [-0.4, -0.2) is 56.8 Å². The fraction of sp³-hybridized carbons (Fsp3) is 0.300. The van der Waals surface area contributed by atoms with Crippen molar-refractivity contribution in [3.05, 3.63) is 57.6 Å². The van der Waals surface area contributed by atoms with Crippen LogP contribution in [0.25, 0.3) is 0 Å². The van der Waals surface area contributed by atoms with E-state index in [2.05, 4.69) is 10.1 Å². The van der Waals surface area contributed by atoms with Crippen LogP contribution in [0.5, 0.6) is 5.75 Å². The van der Waals surface area contributed by atoms with Crippen LogP contribution < -0.4 is 10.1 Å². The molecule has 0 saturated carbocycles. The van der Waals surface area contributed by atoms with Gasteiger partial charge in [-0.15, -0.1) is 0 Å². The van der Waals surface area contributed by atoms with E-state index in [1.54, 1.807) is 13.8 Å². The number of nitro benzene ring substituents is 1. The minimum absolute atomic E-state index is 0.0388. The predicted octanol–water partition coefficient (Wildman–Crippen LogP) is 2.67. The molecule has 0 heterocycles. The first-order valence-electron chi connectivity index (χ1n) is 9.46. The third kappa shape index (κ3) is 5.21. The summed E-state index contributed by atoms with van der Waals surface area (Å²) in [7, 11) is -1.37. The number of nitrogens with zero attached hydrogens (tertiary/aromatic N) is 2. The molecule has 0 bridgehead atoms. The highest BCUT2D eigenvalue weighted by Gasteiger charge is 2.24. The fourth-order valence-corrected chi connectivity index (χ4v) is 4.42. The van der Waals surface area contributed by atoms with Crippen LogP contribution in [0.3, 0.4) is 0 Å². The molecule has 12 heteroatoms. The summed E-state index contributed by atoms with van der Waals surface area (Å²) in [6, 6.07) is 7.09. The molecule has 0 aromatic heterocycles. The zero-order valence-electron chi connectivity index (χ0n) is 17.9. The number of hydrogen-bond donors (Lipinski definition) is 1. The molecule has 0 spiro atoms. The second-order valence-corrected chi connectivity index (χ2v) is 8.36. The molecule has 0 saturated heterocycles. The Balaban J connectivity index is 2.50. The second-order valence-electron chi connectivity index (χ2n) is 6.42. The van der Waals surface area contributed by atoms with E-state index >= 15 is 0 Å². The highest BCUT2D eigenvalue weighted by atomic mass is 32.2. The highest BCUT2D eigenvalue weighted by Crippen LogP contribution is 2.30. The summed E-state index contributed by atoms with van der Waals surface area (Å²) in [5, 5.41) is 13.7. The van der Waals surface area contributed by atoms with E-state index in [4.69, 9.17) is 4.74 Å². The van der Waals surface area contributed by atoms with Gasteiger partial charge in [0.05, 0.1) is 35.3 Å². The van der Waals surface area contributed by atoms with Crippen LogP contribution in [0, 0.1) is 10.1 Å². The highest BCUT2D eigenvalue weighted by molar-refractivity contribution is 7.89. The number of anilines is 1. The van der Waals surface area contributed by atoms with Crippen molar-refractivity contribution in [3.63, 3.8) is 0 Å². The van der Waals surface area contributed by atoms with Gasteiger partial charge in [0.15, 0.2) is 0 Å². The van der Waals surface area contributed by atoms with Crippen molar-refractivity contribution in [2.24, 2.45) is 0 Å². The molecule has 0 radical (unpaired) electrons. The minimum atomic E-state index is -3.81. The first-order valence-corrected chi connectivity index (χ1v) is 10.9. The van der Waals surface area contributed by atoms with Gasteiger partial charge < -0.3 is 14.8 Å². The molecule has 0 fully saturated rings. The first-order chi connectivity index (χ1) is 15.1. The number of methoxy groups -OCH3 is 2. The summed E-state index contributed by atoms with van der Waals surface area (Å²) in [5.74, 6) is -1.49. The lowest BCUT2D eigenvalue weighted by atomic mass is 10.1.